The third-order valence-corrected chi connectivity index (χ3v) is 3.80. The summed E-state index contributed by atoms with van der Waals surface area (Å²) >= 11 is 0. The average molecular weight is 365 g/mol. The second kappa shape index (κ2) is 8.75. The number of hydrogen-bond acceptors (Lipinski definition) is 6. The number of hydrogen-bond donors (Lipinski definition) is 1. The molecule has 0 saturated heterocycles. The number of ether oxygens (including phenoxy) is 1. The molecule has 0 aliphatic rings. The number of nitrogens with one attached hydrogen (secondary N) is 1. The highest BCUT2D eigenvalue weighted by Gasteiger charge is 2.15. The van der Waals surface area contributed by atoms with Crippen molar-refractivity contribution in [2.45, 2.75) is 13.3 Å². The fourth-order valence-electron chi connectivity index (χ4n) is 2.46. The fourth-order valence-corrected chi connectivity index (χ4v) is 2.46. The van der Waals surface area contributed by atoms with E-state index in [1.165, 1.54) is 0 Å². The Morgan fingerprint density at radius 2 is 1.74 bits per heavy atom. The number of aromatic nitrogens is 2. The first-order valence-corrected chi connectivity index (χ1v) is 8.60. The number of esters is 1. The van der Waals surface area contributed by atoms with Crippen LogP contribution >= 0.6 is 0 Å². The summed E-state index contributed by atoms with van der Waals surface area (Å²) in [5.74, 6) is -0.678. The molecule has 3 rings (SSSR count). The largest absolute Gasteiger partial charge is 0.460 e. The van der Waals surface area contributed by atoms with Crippen LogP contribution in [-0.4, -0.2) is 35.2 Å². The molecule has 3 aromatic rings. The molecule has 0 spiro atoms. The van der Waals surface area contributed by atoms with Gasteiger partial charge in [0.15, 0.2) is 0 Å². The second-order valence-electron chi connectivity index (χ2n) is 5.68. The van der Waals surface area contributed by atoms with E-state index >= 15 is 0 Å². The molecular formula is C20H19N3O4. The zero-order chi connectivity index (χ0) is 19.1. The molecule has 0 saturated carbocycles. The molecule has 1 amide bonds. The predicted octanol–water partition coefficient (Wildman–Crippen LogP) is 2.89. The van der Waals surface area contributed by atoms with Crippen LogP contribution in [0.1, 0.15) is 33.8 Å². The molecule has 1 N–H and O–H groups in total. The van der Waals surface area contributed by atoms with Crippen molar-refractivity contribution in [3.05, 3.63) is 71.9 Å². The van der Waals surface area contributed by atoms with Crippen molar-refractivity contribution in [2.75, 3.05) is 13.2 Å². The van der Waals surface area contributed by atoms with Crippen molar-refractivity contribution in [3.63, 3.8) is 0 Å². The lowest BCUT2D eigenvalue weighted by atomic mass is 10.0. The highest BCUT2D eigenvalue weighted by molar-refractivity contribution is 5.94. The number of carbonyl (C=O) groups excluding carboxylic acids is 2. The summed E-state index contributed by atoms with van der Waals surface area (Å²) in [5, 5.41) is 6.34. The van der Waals surface area contributed by atoms with Gasteiger partial charge in [-0.2, -0.15) is 4.98 Å². The molecule has 27 heavy (non-hydrogen) atoms. The number of carbonyl (C=O) groups is 2. The van der Waals surface area contributed by atoms with Gasteiger partial charge in [-0.25, -0.2) is 4.79 Å². The van der Waals surface area contributed by atoms with E-state index in [1.54, 1.807) is 19.1 Å². The van der Waals surface area contributed by atoms with Crippen molar-refractivity contribution < 1.29 is 18.8 Å². The number of benzene rings is 2. The first-order valence-electron chi connectivity index (χ1n) is 8.60. The van der Waals surface area contributed by atoms with Crippen LogP contribution < -0.4 is 5.32 Å². The van der Waals surface area contributed by atoms with Crippen molar-refractivity contribution in [1.82, 2.24) is 15.5 Å². The van der Waals surface area contributed by atoms with Crippen LogP contribution in [0.4, 0.5) is 0 Å². The molecule has 0 aliphatic heterocycles. The SMILES string of the molecule is CCOC(=O)c1noc(CCNC(=O)c2ccc(-c3ccccc3)cc2)n1. The third kappa shape index (κ3) is 4.78. The quantitative estimate of drug-likeness (QED) is 0.647. The van der Waals surface area contributed by atoms with E-state index in [0.717, 1.165) is 11.1 Å². The van der Waals surface area contributed by atoms with Crippen LogP contribution in [0.5, 0.6) is 0 Å². The first-order chi connectivity index (χ1) is 13.2. The van der Waals surface area contributed by atoms with Gasteiger partial charge in [-0.1, -0.05) is 42.5 Å². The number of nitrogens with zero attached hydrogens (tertiary/aromatic N) is 2. The first kappa shape index (κ1) is 18.3. The molecule has 7 heteroatoms. The van der Waals surface area contributed by atoms with Crippen molar-refractivity contribution in [1.29, 1.82) is 0 Å². The van der Waals surface area contributed by atoms with Gasteiger partial charge < -0.3 is 14.6 Å². The molecule has 138 valence electrons. The molecule has 0 unspecified atom stereocenters. The Kier molecular flexibility index (Phi) is 5.94. The topological polar surface area (TPSA) is 94.3 Å². The van der Waals surface area contributed by atoms with Gasteiger partial charge in [0.2, 0.25) is 5.89 Å². The zero-order valence-electron chi connectivity index (χ0n) is 14.8. The fraction of sp³-hybridized carbons (Fsp3) is 0.200. The molecule has 7 nitrogen and oxygen atoms in total. The van der Waals surface area contributed by atoms with Crippen LogP contribution in [0, 0.1) is 0 Å². The van der Waals surface area contributed by atoms with E-state index in [-0.39, 0.29) is 24.2 Å². The summed E-state index contributed by atoms with van der Waals surface area (Å²) < 4.78 is 9.76. The maximum Gasteiger partial charge on any atom is 0.379 e. The highest BCUT2D eigenvalue weighted by atomic mass is 16.5. The lowest BCUT2D eigenvalue weighted by molar-refractivity contribution is 0.0508. The van der Waals surface area contributed by atoms with Gasteiger partial charge in [-0.3, -0.25) is 4.79 Å². The second-order valence-corrected chi connectivity index (χ2v) is 5.68. The molecule has 1 heterocycles. The van der Waals surface area contributed by atoms with Crippen LogP contribution in [0.15, 0.2) is 59.1 Å². The summed E-state index contributed by atoms with van der Waals surface area (Å²) in [6.45, 7) is 2.24. The van der Waals surface area contributed by atoms with Gasteiger partial charge >= 0.3 is 5.97 Å². The number of amides is 1. The maximum atomic E-state index is 12.2. The third-order valence-electron chi connectivity index (χ3n) is 3.80. The average Bonchev–Trinajstić information content (AvgIpc) is 3.18. The highest BCUT2D eigenvalue weighted by Crippen LogP contribution is 2.19. The van der Waals surface area contributed by atoms with Gasteiger partial charge in [-0.15, -0.1) is 0 Å². The van der Waals surface area contributed by atoms with Gasteiger partial charge in [0.1, 0.15) is 0 Å². The van der Waals surface area contributed by atoms with Gasteiger partial charge in [0, 0.05) is 18.5 Å². The Balaban J connectivity index is 1.51. The Bertz CT molecular complexity index is 904. The molecule has 0 atom stereocenters. The molecule has 0 radical (unpaired) electrons. The van der Waals surface area contributed by atoms with Crippen LogP contribution in [0.2, 0.25) is 0 Å². The minimum absolute atomic E-state index is 0.116. The minimum atomic E-state index is -0.630. The smallest absolute Gasteiger partial charge is 0.379 e. The maximum absolute atomic E-state index is 12.2. The molecule has 0 aliphatic carbocycles. The monoisotopic (exact) mass is 365 g/mol. The van der Waals surface area contributed by atoms with Crippen molar-refractivity contribution in [3.8, 4) is 11.1 Å². The van der Waals surface area contributed by atoms with E-state index in [9.17, 15) is 9.59 Å². The van der Waals surface area contributed by atoms with Crippen molar-refractivity contribution >= 4 is 11.9 Å². The van der Waals surface area contributed by atoms with Gasteiger partial charge in [0.05, 0.1) is 6.61 Å². The van der Waals surface area contributed by atoms with Crippen LogP contribution in [-0.2, 0) is 11.2 Å². The van der Waals surface area contributed by atoms with Crippen LogP contribution in [0.3, 0.4) is 0 Å². The number of rotatable bonds is 7. The Labute approximate surface area is 156 Å². The normalized spacial score (nSPS) is 10.4. The van der Waals surface area contributed by atoms with E-state index in [1.807, 2.05) is 42.5 Å². The lowest BCUT2D eigenvalue weighted by Gasteiger charge is -2.05. The lowest BCUT2D eigenvalue weighted by Crippen LogP contribution is -2.25. The Morgan fingerprint density at radius 1 is 1.04 bits per heavy atom. The van der Waals surface area contributed by atoms with Crippen molar-refractivity contribution in [2.24, 2.45) is 0 Å². The van der Waals surface area contributed by atoms with E-state index in [4.69, 9.17) is 9.26 Å². The predicted molar refractivity (Wildman–Crippen MR) is 98.2 cm³/mol. The molecule has 0 fully saturated rings. The summed E-state index contributed by atoms with van der Waals surface area (Å²) in [5.41, 5.74) is 2.70. The van der Waals surface area contributed by atoms with Gasteiger partial charge in [-0.05, 0) is 35.3 Å². The Hall–Kier alpha value is -3.48. The standard InChI is InChI=1S/C20H19N3O4/c1-2-26-20(25)18-22-17(27-23-18)12-13-21-19(24)16-10-8-15(9-11-16)14-6-4-3-5-7-14/h3-11H,2,12-13H2,1H3,(H,21,24). The molecule has 2 aromatic carbocycles. The summed E-state index contributed by atoms with van der Waals surface area (Å²) in [4.78, 5) is 27.6. The molecule has 1 aromatic heterocycles. The van der Waals surface area contributed by atoms with Crippen LogP contribution in [0.25, 0.3) is 11.1 Å². The zero-order valence-corrected chi connectivity index (χ0v) is 14.8. The molecular weight excluding hydrogens is 346 g/mol. The Morgan fingerprint density at radius 3 is 2.44 bits per heavy atom. The van der Waals surface area contributed by atoms with E-state index < -0.39 is 5.97 Å². The van der Waals surface area contributed by atoms with Gasteiger partial charge in [0.25, 0.3) is 11.7 Å². The molecule has 0 bridgehead atoms. The summed E-state index contributed by atoms with van der Waals surface area (Å²) in [7, 11) is 0. The summed E-state index contributed by atoms with van der Waals surface area (Å²) in [6, 6.07) is 17.3. The van der Waals surface area contributed by atoms with E-state index in [2.05, 4.69) is 15.5 Å². The summed E-state index contributed by atoms with van der Waals surface area (Å²) in [6.07, 6.45) is 0.320. The van der Waals surface area contributed by atoms with E-state index in [0.29, 0.717) is 18.5 Å². The minimum Gasteiger partial charge on any atom is -0.460 e.